The molecule has 1 spiro atoms. The van der Waals surface area contributed by atoms with Crippen molar-refractivity contribution in [3.63, 3.8) is 0 Å². The quantitative estimate of drug-likeness (QED) is 0.448. The SMILES string of the molecule is COC1=CC[C@@]2(C=C1)CC(Br)=C(Br)C(Br)=C2Br. The summed E-state index contributed by atoms with van der Waals surface area (Å²) >= 11 is 14.5. The summed E-state index contributed by atoms with van der Waals surface area (Å²) in [6.07, 6.45) is 8.23. The normalized spacial score (nSPS) is 28.9. The average Bonchev–Trinajstić information content (AvgIpc) is 2.35. The number of allylic oxidation sites excluding steroid dienone is 7. The largest absolute Gasteiger partial charge is 0.497 e. The van der Waals surface area contributed by atoms with Crippen molar-refractivity contribution < 1.29 is 4.74 Å². The molecule has 0 aromatic heterocycles. The van der Waals surface area contributed by atoms with Gasteiger partial charge in [-0.25, -0.2) is 0 Å². The van der Waals surface area contributed by atoms with Crippen molar-refractivity contribution in [2.75, 3.05) is 7.11 Å². The van der Waals surface area contributed by atoms with Crippen LogP contribution in [0.15, 0.2) is 41.9 Å². The van der Waals surface area contributed by atoms with Crippen LogP contribution in [0.5, 0.6) is 0 Å². The van der Waals surface area contributed by atoms with Crippen molar-refractivity contribution >= 4 is 63.7 Å². The van der Waals surface area contributed by atoms with E-state index in [9.17, 15) is 0 Å². The van der Waals surface area contributed by atoms with Crippen molar-refractivity contribution in [2.24, 2.45) is 5.41 Å². The molecule has 0 fully saturated rings. The van der Waals surface area contributed by atoms with Crippen molar-refractivity contribution in [2.45, 2.75) is 12.8 Å². The summed E-state index contributed by atoms with van der Waals surface area (Å²) in [5.74, 6) is 0.928. The molecule has 1 nitrogen and oxygen atoms in total. The van der Waals surface area contributed by atoms with Gasteiger partial charge in [-0.15, -0.1) is 0 Å². The first-order valence-corrected chi connectivity index (χ1v) is 8.21. The number of rotatable bonds is 1. The molecule has 17 heavy (non-hydrogen) atoms. The van der Waals surface area contributed by atoms with Crippen LogP contribution >= 0.6 is 63.7 Å². The molecule has 0 unspecified atom stereocenters. The molecule has 0 saturated carbocycles. The molecule has 0 bridgehead atoms. The fourth-order valence-corrected chi connectivity index (χ4v) is 4.81. The van der Waals surface area contributed by atoms with E-state index in [-0.39, 0.29) is 5.41 Å². The number of hydrogen-bond donors (Lipinski definition) is 0. The predicted octanol–water partition coefficient (Wildman–Crippen LogP) is 5.87. The lowest BCUT2D eigenvalue weighted by molar-refractivity contribution is 0.297. The molecule has 0 saturated heterocycles. The van der Waals surface area contributed by atoms with Crippen molar-refractivity contribution in [1.82, 2.24) is 0 Å². The Kier molecular flexibility index (Phi) is 4.44. The summed E-state index contributed by atoms with van der Waals surface area (Å²) in [5.41, 5.74) is -0.00301. The molecule has 0 radical (unpaired) electrons. The average molecular weight is 490 g/mol. The van der Waals surface area contributed by atoms with E-state index in [0.29, 0.717) is 0 Å². The van der Waals surface area contributed by atoms with Crippen LogP contribution in [0.2, 0.25) is 0 Å². The third-order valence-electron chi connectivity index (χ3n) is 3.00. The van der Waals surface area contributed by atoms with Gasteiger partial charge in [-0.05, 0) is 56.9 Å². The molecular formula is C12H10Br4O. The van der Waals surface area contributed by atoms with Crippen molar-refractivity contribution in [1.29, 1.82) is 0 Å². The monoisotopic (exact) mass is 486 g/mol. The van der Waals surface area contributed by atoms with Gasteiger partial charge in [0, 0.05) is 23.3 Å². The number of ether oxygens (including phenoxy) is 1. The Hall–Kier alpha value is 0.680. The molecule has 2 rings (SSSR count). The zero-order valence-corrected chi connectivity index (χ0v) is 15.4. The van der Waals surface area contributed by atoms with Gasteiger partial charge in [-0.3, -0.25) is 0 Å². The van der Waals surface area contributed by atoms with Crippen LogP contribution in [0.25, 0.3) is 0 Å². The minimum atomic E-state index is -0.00301. The maximum Gasteiger partial charge on any atom is 0.114 e. The summed E-state index contributed by atoms with van der Waals surface area (Å²) in [5, 5.41) is 0. The molecule has 5 heteroatoms. The first-order chi connectivity index (χ1) is 8.00. The number of hydrogen-bond acceptors (Lipinski definition) is 1. The van der Waals surface area contributed by atoms with E-state index in [1.165, 1.54) is 8.96 Å². The lowest BCUT2D eigenvalue weighted by Crippen LogP contribution is -2.23. The van der Waals surface area contributed by atoms with E-state index in [4.69, 9.17) is 4.74 Å². The van der Waals surface area contributed by atoms with Gasteiger partial charge in [0.1, 0.15) is 5.76 Å². The lowest BCUT2D eigenvalue weighted by atomic mass is 9.76. The summed E-state index contributed by atoms with van der Waals surface area (Å²) < 4.78 is 9.71. The Balaban J connectivity index is 2.39. The first-order valence-electron chi connectivity index (χ1n) is 5.04. The molecule has 2 aliphatic carbocycles. The molecule has 0 aliphatic heterocycles. The van der Waals surface area contributed by atoms with Crippen molar-refractivity contribution in [3.05, 3.63) is 41.9 Å². The minimum Gasteiger partial charge on any atom is -0.497 e. The van der Waals surface area contributed by atoms with Gasteiger partial charge < -0.3 is 4.74 Å². The van der Waals surface area contributed by atoms with Gasteiger partial charge in [0.15, 0.2) is 0 Å². The first kappa shape index (κ1) is 14.1. The molecular weight excluding hydrogens is 480 g/mol. The van der Waals surface area contributed by atoms with E-state index in [2.05, 4.69) is 75.9 Å². The molecule has 0 aromatic carbocycles. The zero-order valence-electron chi connectivity index (χ0n) is 9.07. The second kappa shape index (κ2) is 5.35. The van der Waals surface area contributed by atoms with E-state index in [1.807, 2.05) is 6.08 Å². The maximum absolute atomic E-state index is 5.23. The third-order valence-corrected chi connectivity index (χ3v) is 8.13. The van der Waals surface area contributed by atoms with Gasteiger partial charge in [-0.1, -0.05) is 37.9 Å². The Labute approximate surface area is 135 Å². The van der Waals surface area contributed by atoms with E-state index < -0.39 is 0 Å². The van der Waals surface area contributed by atoms with Crippen molar-refractivity contribution in [3.8, 4) is 0 Å². The van der Waals surface area contributed by atoms with Crippen LogP contribution in [0.3, 0.4) is 0 Å². The highest BCUT2D eigenvalue weighted by Crippen LogP contribution is 2.55. The molecule has 1 atom stereocenters. The fraction of sp³-hybridized carbons (Fsp3) is 0.333. The van der Waals surface area contributed by atoms with Crippen LogP contribution < -0.4 is 0 Å². The fourth-order valence-electron chi connectivity index (χ4n) is 1.97. The minimum absolute atomic E-state index is 0.00301. The van der Waals surface area contributed by atoms with Crippen LogP contribution in [0, 0.1) is 5.41 Å². The third kappa shape index (κ3) is 2.53. The summed E-state index contributed by atoms with van der Waals surface area (Å²) in [4.78, 5) is 0. The molecule has 92 valence electrons. The van der Waals surface area contributed by atoms with Crippen LogP contribution in [-0.4, -0.2) is 7.11 Å². The van der Waals surface area contributed by atoms with Gasteiger partial charge in [0.05, 0.1) is 7.11 Å². The number of methoxy groups -OCH3 is 1. The molecule has 0 amide bonds. The van der Waals surface area contributed by atoms with E-state index in [0.717, 1.165) is 27.6 Å². The molecule has 0 heterocycles. The van der Waals surface area contributed by atoms with Gasteiger partial charge in [0.25, 0.3) is 0 Å². The highest BCUT2D eigenvalue weighted by atomic mass is 79.9. The second-order valence-electron chi connectivity index (χ2n) is 4.03. The topological polar surface area (TPSA) is 9.23 Å². The summed E-state index contributed by atoms with van der Waals surface area (Å²) in [7, 11) is 1.70. The smallest absolute Gasteiger partial charge is 0.114 e. The highest BCUT2D eigenvalue weighted by Gasteiger charge is 2.38. The van der Waals surface area contributed by atoms with E-state index >= 15 is 0 Å². The Morgan fingerprint density at radius 2 is 1.88 bits per heavy atom. The van der Waals surface area contributed by atoms with Gasteiger partial charge >= 0.3 is 0 Å². The Bertz CT molecular complexity index is 473. The summed E-state index contributed by atoms with van der Waals surface area (Å²) in [6.45, 7) is 0. The van der Waals surface area contributed by atoms with E-state index in [1.54, 1.807) is 7.11 Å². The Morgan fingerprint density at radius 3 is 2.41 bits per heavy atom. The van der Waals surface area contributed by atoms with Crippen LogP contribution in [0.1, 0.15) is 12.8 Å². The molecule has 0 aromatic rings. The highest BCUT2D eigenvalue weighted by molar-refractivity contribution is 9.17. The summed E-state index contributed by atoms with van der Waals surface area (Å²) in [6, 6.07) is 0. The second-order valence-corrected chi connectivity index (χ2v) is 7.36. The number of halogens is 4. The van der Waals surface area contributed by atoms with Gasteiger partial charge in [0.2, 0.25) is 0 Å². The zero-order chi connectivity index (χ0) is 12.6. The standard InChI is InChI=1S/C12H10Br4O/c1-17-7-2-4-12(5-3-7)6-8(13)9(14)10(15)11(12)16/h2-4H,5-6H2,1H3/t12-/m0/s1. The molecule has 2 aliphatic rings. The predicted molar refractivity (Wildman–Crippen MR) is 85.7 cm³/mol. The van der Waals surface area contributed by atoms with Gasteiger partial charge in [-0.2, -0.15) is 0 Å². The Morgan fingerprint density at radius 1 is 1.18 bits per heavy atom. The van der Waals surface area contributed by atoms with Crippen LogP contribution in [-0.2, 0) is 4.74 Å². The van der Waals surface area contributed by atoms with Crippen LogP contribution in [0.4, 0.5) is 0 Å². The lowest BCUT2D eigenvalue weighted by Gasteiger charge is -2.36. The molecule has 0 N–H and O–H groups in total. The maximum atomic E-state index is 5.23.